The van der Waals surface area contributed by atoms with Gasteiger partial charge in [-0.25, -0.2) is 9.97 Å². The molecule has 0 radical (unpaired) electrons. The zero-order chi connectivity index (χ0) is 9.84. The molecule has 1 rings (SSSR count). The van der Waals surface area contributed by atoms with Crippen LogP contribution in [0.5, 0.6) is 0 Å². The number of aldehydes is 1. The van der Waals surface area contributed by atoms with E-state index in [9.17, 15) is 9.59 Å². The maximum atomic E-state index is 11.2. The average molecular weight is 178 g/mol. The van der Waals surface area contributed by atoms with Gasteiger partial charge in [0, 0.05) is 11.4 Å². The van der Waals surface area contributed by atoms with Gasteiger partial charge in [-0.1, -0.05) is 0 Å². The summed E-state index contributed by atoms with van der Waals surface area (Å²) < 4.78 is 0. The molecule has 0 aliphatic rings. The molecule has 0 atom stereocenters. The molecule has 0 spiro atoms. The Balaban J connectivity index is 3.00. The first-order valence-electron chi connectivity index (χ1n) is 3.92. The van der Waals surface area contributed by atoms with E-state index in [0.29, 0.717) is 6.29 Å². The molecule has 0 bridgehead atoms. The van der Waals surface area contributed by atoms with E-state index in [2.05, 4.69) is 9.97 Å². The first-order chi connectivity index (χ1) is 6.13. The van der Waals surface area contributed by atoms with Crippen LogP contribution in [0.25, 0.3) is 0 Å². The predicted octanol–water partition coefficient (Wildman–Crippen LogP) is 0.865. The second kappa shape index (κ2) is 3.89. The molecule has 0 unspecified atom stereocenters. The largest absolute Gasteiger partial charge is 0.303 e. The van der Waals surface area contributed by atoms with Gasteiger partial charge in [0.15, 0.2) is 5.82 Å². The Hall–Kier alpha value is -1.58. The average Bonchev–Trinajstić information content (AvgIpc) is 2.03. The molecule has 0 amide bonds. The Morgan fingerprint density at radius 1 is 1.38 bits per heavy atom. The number of hydrogen-bond donors (Lipinski definition) is 0. The van der Waals surface area contributed by atoms with Gasteiger partial charge < -0.3 is 4.79 Å². The highest BCUT2D eigenvalue weighted by atomic mass is 16.1. The molecule has 4 nitrogen and oxygen atoms in total. The maximum Gasteiger partial charge on any atom is 0.207 e. The van der Waals surface area contributed by atoms with Crippen LogP contribution in [0.2, 0.25) is 0 Å². The van der Waals surface area contributed by atoms with E-state index in [1.54, 1.807) is 19.9 Å². The highest BCUT2D eigenvalue weighted by Crippen LogP contribution is 2.01. The van der Waals surface area contributed by atoms with Gasteiger partial charge in [0.25, 0.3) is 0 Å². The molecule has 0 aromatic carbocycles. The molecule has 0 saturated heterocycles. The number of ketones is 1. The molecular weight excluding hydrogens is 168 g/mol. The first-order valence-corrected chi connectivity index (χ1v) is 3.92. The number of Topliss-reactive ketones (excluding diaryl/α,β-unsaturated/α-hetero) is 1. The quantitative estimate of drug-likeness (QED) is 0.391. The Morgan fingerprint density at radius 3 is 2.38 bits per heavy atom. The molecule has 13 heavy (non-hydrogen) atoms. The highest BCUT2D eigenvalue weighted by molar-refractivity contribution is 5.99. The second-order valence-corrected chi connectivity index (χ2v) is 2.77. The normalized spacial score (nSPS) is 9.69. The molecule has 1 heterocycles. The van der Waals surface area contributed by atoms with Gasteiger partial charge in [0.2, 0.25) is 5.78 Å². The lowest BCUT2D eigenvalue weighted by atomic mass is 10.2. The van der Waals surface area contributed by atoms with Crippen LogP contribution < -0.4 is 0 Å². The molecule has 0 fully saturated rings. The van der Waals surface area contributed by atoms with Crippen molar-refractivity contribution in [3.63, 3.8) is 0 Å². The summed E-state index contributed by atoms with van der Waals surface area (Å²) in [5, 5.41) is 0. The fourth-order valence-corrected chi connectivity index (χ4v) is 1.02. The van der Waals surface area contributed by atoms with Crippen molar-refractivity contribution in [2.45, 2.75) is 20.3 Å². The van der Waals surface area contributed by atoms with Crippen LogP contribution in [0, 0.1) is 13.8 Å². The van der Waals surface area contributed by atoms with Gasteiger partial charge in [-0.15, -0.1) is 0 Å². The Bertz CT molecular complexity index is 327. The van der Waals surface area contributed by atoms with Crippen LogP contribution in [-0.2, 0) is 4.79 Å². The summed E-state index contributed by atoms with van der Waals surface area (Å²) in [4.78, 5) is 29.1. The van der Waals surface area contributed by atoms with Gasteiger partial charge in [-0.2, -0.15) is 0 Å². The van der Waals surface area contributed by atoms with Crippen LogP contribution >= 0.6 is 0 Å². The summed E-state index contributed by atoms with van der Waals surface area (Å²) in [6.07, 6.45) is 0.409. The number of aryl methyl sites for hydroxylation is 2. The van der Waals surface area contributed by atoms with Crippen molar-refractivity contribution in [1.82, 2.24) is 9.97 Å². The number of hydrogen-bond acceptors (Lipinski definition) is 4. The van der Waals surface area contributed by atoms with Crippen LogP contribution in [0.3, 0.4) is 0 Å². The first kappa shape index (κ1) is 9.51. The van der Waals surface area contributed by atoms with Gasteiger partial charge in [-0.05, 0) is 19.9 Å². The van der Waals surface area contributed by atoms with Crippen molar-refractivity contribution in [1.29, 1.82) is 0 Å². The van der Waals surface area contributed by atoms with E-state index in [-0.39, 0.29) is 18.0 Å². The fraction of sp³-hybridized carbons (Fsp3) is 0.333. The summed E-state index contributed by atoms with van der Waals surface area (Å²) in [7, 11) is 0. The van der Waals surface area contributed by atoms with E-state index in [0.717, 1.165) is 11.4 Å². The molecule has 0 saturated carbocycles. The number of carbonyl (C=O) groups excluding carboxylic acids is 2. The minimum Gasteiger partial charge on any atom is -0.303 e. The summed E-state index contributed by atoms with van der Waals surface area (Å²) in [5.41, 5.74) is 1.48. The minimum atomic E-state index is -0.332. The summed E-state index contributed by atoms with van der Waals surface area (Å²) in [5.74, 6) is -0.202. The van der Waals surface area contributed by atoms with Crippen molar-refractivity contribution < 1.29 is 9.59 Å². The number of carbonyl (C=O) groups is 2. The Kier molecular flexibility index (Phi) is 2.84. The van der Waals surface area contributed by atoms with E-state index >= 15 is 0 Å². The van der Waals surface area contributed by atoms with Crippen molar-refractivity contribution in [2.24, 2.45) is 0 Å². The van der Waals surface area contributed by atoms with Crippen molar-refractivity contribution in [3.05, 3.63) is 23.3 Å². The van der Waals surface area contributed by atoms with Gasteiger partial charge in [0.05, 0.1) is 6.42 Å². The molecule has 4 heteroatoms. The smallest absolute Gasteiger partial charge is 0.207 e. The third-order valence-corrected chi connectivity index (χ3v) is 1.50. The van der Waals surface area contributed by atoms with Crippen LogP contribution in [0.15, 0.2) is 6.07 Å². The molecule has 0 N–H and O–H groups in total. The summed E-state index contributed by atoms with van der Waals surface area (Å²) in [6, 6.07) is 1.78. The number of rotatable bonds is 3. The van der Waals surface area contributed by atoms with Gasteiger partial charge >= 0.3 is 0 Å². The zero-order valence-corrected chi connectivity index (χ0v) is 7.57. The molecule has 0 aliphatic heterocycles. The topological polar surface area (TPSA) is 59.9 Å². The third-order valence-electron chi connectivity index (χ3n) is 1.50. The molecule has 1 aromatic rings. The second-order valence-electron chi connectivity index (χ2n) is 2.77. The predicted molar refractivity (Wildman–Crippen MR) is 46.5 cm³/mol. The molecule has 1 aromatic heterocycles. The minimum absolute atomic E-state index is 0.129. The Labute approximate surface area is 76.0 Å². The lowest BCUT2D eigenvalue weighted by Gasteiger charge is -1.99. The van der Waals surface area contributed by atoms with E-state index in [1.807, 2.05) is 0 Å². The number of nitrogens with zero attached hydrogens (tertiary/aromatic N) is 2. The number of aromatic nitrogens is 2. The highest BCUT2D eigenvalue weighted by Gasteiger charge is 2.08. The van der Waals surface area contributed by atoms with Crippen molar-refractivity contribution in [3.8, 4) is 0 Å². The standard InChI is InChI=1S/C9H10N2O2/c1-6-5-7(2)11-9(10-6)8(13)3-4-12/h4-5H,3H2,1-2H3. The van der Waals surface area contributed by atoms with Gasteiger partial charge in [-0.3, -0.25) is 4.79 Å². The molecular formula is C9H10N2O2. The zero-order valence-electron chi connectivity index (χ0n) is 7.57. The summed E-state index contributed by atoms with van der Waals surface area (Å²) >= 11 is 0. The summed E-state index contributed by atoms with van der Waals surface area (Å²) in [6.45, 7) is 3.57. The third kappa shape index (κ3) is 2.43. The van der Waals surface area contributed by atoms with E-state index in [4.69, 9.17) is 0 Å². The van der Waals surface area contributed by atoms with Crippen molar-refractivity contribution in [2.75, 3.05) is 0 Å². The van der Waals surface area contributed by atoms with Crippen LogP contribution in [0.4, 0.5) is 0 Å². The van der Waals surface area contributed by atoms with Crippen molar-refractivity contribution >= 4 is 12.1 Å². The van der Waals surface area contributed by atoms with E-state index in [1.165, 1.54) is 0 Å². The fourth-order valence-electron chi connectivity index (χ4n) is 1.02. The van der Waals surface area contributed by atoms with Gasteiger partial charge in [0.1, 0.15) is 6.29 Å². The monoisotopic (exact) mass is 178 g/mol. The maximum absolute atomic E-state index is 11.2. The molecule has 68 valence electrons. The van der Waals surface area contributed by atoms with Crippen LogP contribution in [-0.4, -0.2) is 22.0 Å². The molecule has 0 aliphatic carbocycles. The van der Waals surface area contributed by atoms with Crippen LogP contribution in [0.1, 0.15) is 28.4 Å². The lowest BCUT2D eigenvalue weighted by Crippen LogP contribution is -2.07. The lowest BCUT2D eigenvalue weighted by molar-refractivity contribution is -0.107. The van der Waals surface area contributed by atoms with E-state index < -0.39 is 0 Å². The SMILES string of the molecule is Cc1cc(C)nc(C(=O)CC=O)n1. The Morgan fingerprint density at radius 2 is 1.92 bits per heavy atom.